The zero-order valence-electron chi connectivity index (χ0n) is 18.1. The summed E-state index contributed by atoms with van der Waals surface area (Å²) in [7, 11) is 0. The van der Waals surface area contributed by atoms with E-state index in [0.717, 1.165) is 19.3 Å². The first-order valence-corrected chi connectivity index (χ1v) is 11.4. The number of nitrogens with zero attached hydrogens (tertiary/aromatic N) is 1. The summed E-state index contributed by atoms with van der Waals surface area (Å²) in [4.78, 5) is 0. The molecule has 0 bridgehead atoms. The van der Waals surface area contributed by atoms with Crippen LogP contribution in [0.3, 0.4) is 0 Å². The van der Waals surface area contributed by atoms with Crippen LogP contribution in [0.25, 0.3) is 0 Å². The predicted octanol–water partition coefficient (Wildman–Crippen LogP) is 7.89. The molecule has 0 fully saturated rings. The van der Waals surface area contributed by atoms with E-state index in [1.807, 2.05) is 0 Å². The highest BCUT2D eigenvalue weighted by atomic mass is 16.3. The fourth-order valence-electron chi connectivity index (χ4n) is 3.82. The zero-order chi connectivity index (χ0) is 19.9. The van der Waals surface area contributed by atoms with Crippen molar-refractivity contribution in [1.29, 1.82) is 0 Å². The van der Waals surface area contributed by atoms with Crippen molar-refractivity contribution in [3.05, 3.63) is 23.8 Å². The molecular weight excluding hydrogens is 334 g/mol. The first-order chi connectivity index (χ1) is 13.1. The third kappa shape index (κ3) is 9.39. The Morgan fingerprint density at radius 2 is 1.30 bits per heavy atom. The van der Waals surface area contributed by atoms with Gasteiger partial charge >= 0.3 is 0 Å². The number of rotatable bonds is 16. The van der Waals surface area contributed by atoms with E-state index < -0.39 is 0 Å². The van der Waals surface area contributed by atoms with Crippen LogP contribution in [0, 0.1) is 0 Å². The van der Waals surface area contributed by atoms with Gasteiger partial charge in [0.15, 0.2) is 11.8 Å². The van der Waals surface area contributed by atoms with Crippen LogP contribution >= 0.6 is 0 Å². The van der Waals surface area contributed by atoms with Gasteiger partial charge < -0.3 is 10.2 Å². The smallest absolute Gasteiger partial charge is 0.194 e. The fourth-order valence-corrected chi connectivity index (χ4v) is 3.82. The van der Waals surface area contributed by atoms with Gasteiger partial charge in [-0.05, 0) is 26.2 Å². The monoisotopic (exact) mass is 377 g/mol. The van der Waals surface area contributed by atoms with Gasteiger partial charge in [0.1, 0.15) is 0 Å². The van der Waals surface area contributed by atoms with Gasteiger partial charge in [-0.1, -0.05) is 96.1 Å². The molecule has 1 aromatic heterocycles. The van der Waals surface area contributed by atoms with Gasteiger partial charge in [0.25, 0.3) is 0 Å². The third-order valence-corrected chi connectivity index (χ3v) is 5.57. The van der Waals surface area contributed by atoms with Crippen molar-refractivity contribution in [1.82, 2.24) is 4.57 Å². The van der Waals surface area contributed by atoms with Crippen LogP contribution in [0.4, 0.5) is 0 Å². The normalized spacial score (nSPS) is 13.2. The van der Waals surface area contributed by atoms with E-state index in [9.17, 15) is 10.2 Å². The number of unbranched alkanes of at least 4 members (excludes halogenated alkanes) is 11. The molecule has 0 aliphatic rings. The molecule has 0 radical (unpaired) electrons. The summed E-state index contributed by atoms with van der Waals surface area (Å²) < 4.78 is 1.69. The van der Waals surface area contributed by atoms with Gasteiger partial charge in [0.05, 0.1) is 6.04 Å². The summed E-state index contributed by atoms with van der Waals surface area (Å²) in [5, 5.41) is 20.3. The number of hydrogen-bond acceptors (Lipinski definition) is 2. The quantitative estimate of drug-likeness (QED) is 0.227. The van der Waals surface area contributed by atoms with Crippen molar-refractivity contribution in [2.45, 2.75) is 117 Å². The van der Waals surface area contributed by atoms with Gasteiger partial charge in [-0.2, -0.15) is 0 Å². The molecule has 1 aromatic rings. The van der Waals surface area contributed by atoms with E-state index in [0.29, 0.717) is 0 Å². The molecule has 1 rings (SSSR count). The molecule has 156 valence electrons. The number of allylic oxidation sites excluding steroid dienone is 2. The maximum Gasteiger partial charge on any atom is 0.194 e. The van der Waals surface area contributed by atoms with Gasteiger partial charge in [-0.15, -0.1) is 0 Å². The third-order valence-electron chi connectivity index (χ3n) is 5.57. The number of hydrogen-bond donors (Lipinski definition) is 2. The Morgan fingerprint density at radius 3 is 1.85 bits per heavy atom. The standard InChI is InChI=1S/C24H43NO2/c1-4-6-8-10-11-12-13-14-15-17-21(3)22(18-16-9-7-5-2)25-23(26)19-20-24(25)27/h17,19-20,22,26-27H,4-16,18H2,1-3H3. The first-order valence-electron chi connectivity index (χ1n) is 11.4. The van der Waals surface area contributed by atoms with Crippen LogP contribution in [-0.2, 0) is 0 Å². The summed E-state index contributed by atoms with van der Waals surface area (Å²) in [6.07, 6.45) is 19.9. The highest BCUT2D eigenvalue weighted by Gasteiger charge is 2.18. The topological polar surface area (TPSA) is 45.4 Å². The Kier molecular flexibility index (Phi) is 12.8. The fraction of sp³-hybridized carbons (Fsp3) is 0.750. The van der Waals surface area contributed by atoms with Crippen molar-refractivity contribution >= 4 is 0 Å². The van der Waals surface area contributed by atoms with E-state index in [2.05, 4.69) is 26.8 Å². The second-order valence-electron chi connectivity index (χ2n) is 8.00. The molecule has 0 saturated carbocycles. The predicted molar refractivity (Wildman–Crippen MR) is 117 cm³/mol. The van der Waals surface area contributed by atoms with Crippen LogP contribution < -0.4 is 0 Å². The molecule has 2 N–H and O–H groups in total. The summed E-state index contributed by atoms with van der Waals surface area (Å²) in [6, 6.07) is 3.23. The van der Waals surface area contributed by atoms with Crippen LogP contribution in [-0.4, -0.2) is 14.8 Å². The van der Waals surface area contributed by atoms with E-state index >= 15 is 0 Å². The lowest BCUT2D eigenvalue weighted by Crippen LogP contribution is -2.10. The van der Waals surface area contributed by atoms with Crippen LogP contribution in [0.2, 0.25) is 0 Å². The minimum Gasteiger partial charge on any atom is -0.494 e. The molecule has 1 unspecified atom stereocenters. The molecule has 3 heteroatoms. The average Bonchev–Trinajstić information content (AvgIpc) is 2.99. The Hall–Kier alpha value is -1.38. The minimum atomic E-state index is 0.0610. The summed E-state index contributed by atoms with van der Waals surface area (Å²) in [6.45, 7) is 6.63. The van der Waals surface area contributed by atoms with E-state index in [-0.39, 0.29) is 17.8 Å². The van der Waals surface area contributed by atoms with Crippen molar-refractivity contribution in [2.75, 3.05) is 0 Å². The molecule has 0 saturated heterocycles. The van der Waals surface area contributed by atoms with Gasteiger partial charge in [0.2, 0.25) is 0 Å². The molecule has 3 nitrogen and oxygen atoms in total. The molecule has 0 aliphatic carbocycles. The minimum absolute atomic E-state index is 0.0610. The molecular formula is C24H43NO2. The summed E-state index contributed by atoms with van der Waals surface area (Å²) in [5.74, 6) is 0.320. The molecule has 0 spiro atoms. The van der Waals surface area contributed by atoms with Crippen molar-refractivity contribution in [2.24, 2.45) is 0 Å². The van der Waals surface area contributed by atoms with E-state index in [1.165, 1.54) is 76.2 Å². The lowest BCUT2D eigenvalue weighted by Gasteiger charge is -2.22. The van der Waals surface area contributed by atoms with E-state index in [4.69, 9.17) is 0 Å². The maximum absolute atomic E-state index is 10.2. The molecule has 27 heavy (non-hydrogen) atoms. The van der Waals surface area contributed by atoms with Crippen molar-refractivity contribution in [3.8, 4) is 11.8 Å². The van der Waals surface area contributed by atoms with Crippen LogP contribution in [0.1, 0.15) is 117 Å². The SMILES string of the molecule is CCCCCCCCCCC=C(C)C(CCCCCC)n1c(O)ccc1O. The first kappa shape index (κ1) is 23.7. The second-order valence-corrected chi connectivity index (χ2v) is 8.00. The molecule has 0 amide bonds. The Labute approximate surface area is 167 Å². The van der Waals surface area contributed by atoms with Crippen molar-refractivity contribution < 1.29 is 10.2 Å². The summed E-state index contributed by atoms with van der Waals surface area (Å²) in [5.41, 5.74) is 1.26. The lowest BCUT2D eigenvalue weighted by atomic mass is 9.99. The number of aromatic nitrogens is 1. The van der Waals surface area contributed by atoms with Crippen LogP contribution in [0.15, 0.2) is 23.8 Å². The van der Waals surface area contributed by atoms with Gasteiger partial charge in [-0.25, -0.2) is 0 Å². The second kappa shape index (κ2) is 14.6. The number of aromatic hydroxyl groups is 2. The lowest BCUT2D eigenvalue weighted by molar-refractivity contribution is 0.336. The molecule has 0 aromatic carbocycles. The van der Waals surface area contributed by atoms with Gasteiger partial charge in [0, 0.05) is 12.1 Å². The van der Waals surface area contributed by atoms with Crippen molar-refractivity contribution in [3.63, 3.8) is 0 Å². The largest absolute Gasteiger partial charge is 0.494 e. The summed E-state index contributed by atoms with van der Waals surface area (Å²) >= 11 is 0. The zero-order valence-corrected chi connectivity index (χ0v) is 18.1. The highest BCUT2D eigenvalue weighted by molar-refractivity contribution is 5.28. The van der Waals surface area contributed by atoms with Gasteiger partial charge in [-0.3, -0.25) is 4.57 Å². The average molecular weight is 378 g/mol. The Bertz CT molecular complexity index is 499. The highest BCUT2D eigenvalue weighted by Crippen LogP contribution is 2.34. The Morgan fingerprint density at radius 1 is 0.815 bits per heavy atom. The molecule has 1 heterocycles. The molecule has 1 atom stereocenters. The maximum atomic E-state index is 10.2. The Balaban J connectivity index is 2.47. The van der Waals surface area contributed by atoms with Crippen LogP contribution in [0.5, 0.6) is 11.8 Å². The van der Waals surface area contributed by atoms with E-state index in [1.54, 1.807) is 16.7 Å². The molecule has 0 aliphatic heterocycles.